The molecule has 1 aromatic heterocycles. The van der Waals surface area contributed by atoms with Crippen LogP contribution in [0.25, 0.3) is 0 Å². The van der Waals surface area contributed by atoms with Gasteiger partial charge in [0, 0.05) is 13.1 Å². The van der Waals surface area contributed by atoms with Crippen molar-refractivity contribution < 1.29 is 14.7 Å². The first-order valence-electron chi connectivity index (χ1n) is 6.84. The van der Waals surface area contributed by atoms with Crippen LogP contribution < -0.4 is 11.1 Å². The van der Waals surface area contributed by atoms with E-state index in [0.717, 1.165) is 0 Å². The summed E-state index contributed by atoms with van der Waals surface area (Å²) in [4.78, 5) is 22.7. The molecule has 1 aromatic rings. The first-order chi connectivity index (χ1) is 9.73. The van der Waals surface area contributed by atoms with Gasteiger partial charge in [-0.25, -0.2) is 9.48 Å². The van der Waals surface area contributed by atoms with Crippen LogP contribution in [-0.4, -0.2) is 45.1 Å². The maximum Gasteiger partial charge on any atom is 0.358 e. The summed E-state index contributed by atoms with van der Waals surface area (Å²) in [6.07, 6.45) is 2.03. The number of nitrogens with one attached hydrogen (secondary N) is 1. The third-order valence-electron chi connectivity index (χ3n) is 2.91. The van der Waals surface area contributed by atoms with Crippen LogP contribution in [0.2, 0.25) is 0 Å². The molecule has 1 unspecified atom stereocenters. The molecule has 1 atom stereocenters. The highest BCUT2D eigenvalue weighted by atomic mass is 16.4. The van der Waals surface area contributed by atoms with Gasteiger partial charge in [-0.2, -0.15) is 0 Å². The van der Waals surface area contributed by atoms with Gasteiger partial charge in [-0.15, -0.1) is 5.10 Å². The molecule has 0 bridgehead atoms. The van der Waals surface area contributed by atoms with E-state index < -0.39 is 5.97 Å². The summed E-state index contributed by atoms with van der Waals surface area (Å²) >= 11 is 0. The third-order valence-corrected chi connectivity index (χ3v) is 2.91. The lowest BCUT2D eigenvalue weighted by atomic mass is 9.84. The molecule has 8 nitrogen and oxygen atoms in total. The Balaban J connectivity index is 2.42. The zero-order valence-corrected chi connectivity index (χ0v) is 12.7. The van der Waals surface area contributed by atoms with Crippen LogP contribution in [0.15, 0.2) is 6.20 Å². The molecular formula is C13H23N5O3. The predicted octanol–water partition coefficient (Wildman–Crippen LogP) is 0.104. The second-order valence-electron chi connectivity index (χ2n) is 6.16. The molecule has 118 valence electrons. The number of carbonyl (C=O) groups is 2. The lowest BCUT2D eigenvalue weighted by Gasteiger charge is -2.24. The second-order valence-corrected chi connectivity index (χ2v) is 6.16. The fourth-order valence-corrected chi connectivity index (χ4v) is 1.97. The van der Waals surface area contributed by atoms with Crippen molar-refractivity contribution >= 4 is 11.9 Å². The summed E-state index contributed by atoms with van der Waals surface area (Å²) < 4.78 is 1.38. The van der Waals surface area contributed by atoms with Crippen LogP contribution in [0, 0.1) is 11.3 Å². The van der Waals surface area contributed by atoms with Gasteiger partial charge >= 0.3 is 5.97 Å². The van der Waals surface area contributed by atoms with E-state index in [1.165, 1.54) is 10.9 Å². The van der Waals surface area contributed by atoms with Crippen molar-refractivity contribution in [3.8, 4) is 0 Å². The van der Waals surface area contributed by atoms with Gasteiger partial charge in [0.25, 0.3) is 0 Å². The molecule has 0 radical (unpaired) electrons. The Morgan fingerprint density at radius 1 is 1.48 bits per heavy atom. The Kier molecular flexibility index (Phi) is 5.83. The van der Waals surface area contributed by atoms with E-state index in [2.05, 4.69) is 36.4 Å². The molecule has 0 saturated carbocycles. The molecule has 0 saturated heterocycles. The topological polar surface area (TPSA) is 123 Å². The highest BCUT2D eigenvalue weighted by Crippen LogP contribution is 2.23. The standard InChI is InChI=1S/C13H23N5O3/c1-13(2,3)6-9(7-14)11(19)15-4-5-18-8-10(12(20)21)16-17-18/h8-9H,4-7,14H2,1-3H3,(H,15,19)(H,20,21). The third kappa shape index (κ3) is 5.90. The van der Waals surface area contributed by atoms with E-state index in [1.807, 2.05) is 0 Å². The predicted molar refractivity (Wildman–Crippen MR) is 76.6 cm³/mol. The minimum absolute atomic E-state index is 0.0314. The number of hydrogen-bond acceptors (Lipinski definition) is 5. The van der Waals surface area contributed by atoms with Crippen LogP contribution in [0.4, 0.5) is 0 Å². The minimum Gasteiger partial charge on any atom is -0.476 e. The first kappa shape index (κ1) is 17.1. The van der Waals surface area contributed by atoms with Gasteiger partial charge in [-0.05, 0) is 11.8 Å². The molecule has 0 aliphatic rings. The molecule has 21 heavy (non-hydrogen) atoms. The van der Waals surface area contributed by atoms with Gasteiger partial charge in [0.1, 0.15) is 0 Å². The average Bonchev–Trinajstić information content (AvgIpc) is 2.83. The number of amides is 1. The minimum atomic E-state index is -1.13. The lowest BCUT2D eigenvalue weighted by Crippen LogP contribution is -2.38. The average molecular weight is 297 g/mol. The maximum absolute atomic E-state index is 12.0. The summed E-state index contributed by atoms with van der Waals surface area (Å²) in [6.45, 7) is 7.19. The van der Waals surface area contributed by atoms with Gasteiger partial charge < -0.3 is 16.2 Å². The molecule has 0 spiro atoms. The van der Waals surface area contributed by atoms with E-state index in [9.17, 15) is 9.59 Å². The largest absolute Gasteiger partial charge is 0.476 e. The number of aromatic carboxylic acids is 1. The Hall–Kier alpha value is -1.96. The molecule has 8 heteroatoms. The van der Waals surface area contributed by atoms with Crippen molar-refractivity contribution in [1.29, 1.82) is 0 Å². The molecule has 0 aromatic carbocycles. The fraction of sp³-hybridized carbons (Fsp3) is 0.692. The monoisotopic (exact) mass is 297 g/mol. The summed E-state index contributed by atoms with van der Waals surface area (Å²) in [5.41, 5.74) is 5.56. The number of hydrogen-bond donors (Lipinski definition) is 3. The SMILES string of the molecule is CC(C)(C)CC(CN)C(=O)NCCn1cc(C(=O)O)nn1. The van der Waals surface area contributed by atoms with E-state index in [1.54, 1.807) is 0 Å². The van der Waals surface area contributed by atoms with Crippen LogP contribution in [0.1, 0.15) is 37.7 Å². The number of carbonyl (C=O) groups excluding carboxylic acids is 1. The Labute approximate surface area is 123 Å². The number of aromatic nitrogens is 3. The van der Waals surface area contributed by atoms with Crippen molar-refractivity contribution in [2.75, 3.05) is 13.1 Å². The summed E-state index contributed by atoms with van der Waals surface area (Å²) in [6, 6.07) is 0. The van der Waals surface area contributed by atoms with E-state index >= 15 is 0 Å². The molecule has 1 rings (SSSR count). The molecule has 0 fully saturated rings. The van der Waals surface area contributed by atoms with Gasteiger partial charge in [-0.1, -0.05) is 26.0 Å². The zero-order chi connectivity index (χ0) is 16.0. The van der Waals surface area contributed by atoms with Crippen molar-refractivity contribution in [1.82, 2.24) is 20.3 Å². The maximum atomic E-state index is 12.0. The molecular weight excluding hydrogens is 274 g/mol. The van der Waals surface area contributed by atoms with Crippen molar-refractivity contribution in [3.05, 3.63) is 11.9 Å². The molecule has 1 heterocycles. The number of nitrogens with two attached hydrogens (primary N) is 1. The van der Waals surface area contributed by atoms with Gasteiger partial charge in [-0.3, -0.25) is 4.79 Å². The second kappa shape index (κ2) is 7.16. The summed E-state index contributed by atoms with van der Waals surface area (Å²) in [5.74, 6) is -1.44. The highest BCUT2D eigenvalue weighted by Gasteiger charge is 2.23. The van der Waals surface area contributed by atoms with Crippen LogP contribution in [-0.2, 0) is 11.3 Å². The zero-order valence-electron chi connectivity index (χ0n) is 12.7. The lowest BCUT2D eigenvalue weighted by molar-refractivity contribution is -0.125. The van der Waals surface area contributed by atoms with Crippen LogP contribution in [0.3, 0.4) is 0 Å². The normalized spacial score (nSPS) is 13.0. The van der Waals surface area contributed by atoms with E-state index in [0.29, 0.717) is 26.1 Å². The van der Waals surface area contributed by atoms with E-state index in [4.69, 9.17) is 10.8 Å². The van der Waals surface area contributed by atoms with Gasteiger partial charge in [0.05, 0.1) is 18.7 Å². The molecule has 1 amide bonds. The van der Waals surface area contributed by atoms with Gasteiger partial charge in [0.2, 0.25) is 5.91 Å². The van der Waals surface area contributed by atoms with Crippen LogP contribution in [0.5, 0.6) is 0 Å². The molecule has 4 N–H and O–H groups in total. The van der Waals surface area contributed by atoms with Crippen molar-refractivity contribution in [2.45, 2.75) is 33.7 Å². The van der Waals surface area contributed by atoms with Crippen molar-refractivity contribution in [2.24, 2.45) is 17.1 Å². The first-order valence-corrected chi connectivity index (χ1v) is 6.84. The van der Waals surface area contributed by atoms with E-state index in [-0.39, 0.29) is 22.9 Å². The number of carboxylic acids is 1. The fourth-order valence-electron chi connectivity index (χ4n) is 1.97. The number of carboxylic acid groups (broad SMARTS) is 1. The number of nitrogens with zero attached hydrogens (tertiary/aromatic N) is 3. The number of rotatable bonds is 7. The summed E-state index contributed by atoms with van der Waals surface area (Å²) in [5, 5.41) is 18.7. The Bertz CT molecular complexity index is 492. The summed E-state index contributed by atoms with van der Waals surface area (Å²) in [7, 11) is 0. The molecule has 0 aliphatic carbocycles. The quantitative estimate of drug-likeness (QED) is 0.656. The van der Waals surface area contributed by atoms with Crippen molar-refractivity contribution in [3.63, 3.8) is 0 Å². The Morgan fingerprint density at radius 2 is 2.14 bits per heavy atom. The Morgan fingerprint density at radius 3 is 2.62 bits per heavy atom. The smallest absolute Gasteiger partial charge is 0.358 e. The van der Waals surface area contributed by atoms with Gasteiger partial charge in [0.15, 0.2) is 5.69 Å². The molecule has 0 aliphatic heterocycles. The van der Waals surface area contributed by atoms with Crippen LogP contribution >= 0.6 is 0 Å². The highest BCUT2D eigenvalue weighted by molar-refractivity contribution is 5.84.